The van der Waals surface area contributed by atoms with E-state index < -0.39 is 5.91 Å². The Labute approximate surface area is 86.5 Å². The summed E-state index contributed by atoms with van der Waals surface area (Å²) in [7, 11) is 0. The second-order valence-electron chi connectivity index (χ2n) is 3.08. The first-order valence-electron chi connectivity index (χ1n) is 4.46. The molecule has 0 spiro atoms. The smallest absolute Gasteiger partial charge is 0.293 e. The predicted molar refractivity (Wildman–Crippen MR) is 56.8 cm³/mol. The number of H-pyrrole nitrogens is 1. The SMILES string of the molecule is NC(=O)C#CCc1ccc2c[nH]cc2n1. The normalized spacial score (nSPS) is 9.60. The van der Waals surface area contributed by atoms with E-state index in [1.165, 1.54) is 0 Å². The molecule has 2 rings (SSSR count). The van der Waals surface area contributed by atoms with Crippen LogP contribution in [0.3, 0.4) is 0 Å². The number of hydrogen-bond donors (Lipinski definition) is 2. The predicted octanol–water partition coefficient (Wildman–Crippen LogP) is 0.594. The van der Waals surface area contributed by atoms with Crippen molar-refractivity contribution >= 4 is 16.8 Å². The van der Waals surface area contributed by atoms with Crippen LogP contribution in [-0.2, 0) is 11.2 Å². The fourth-order valence-corrected chi connectivity index (χ4v) is 1.30. The zero-order valence-electron chi connectivity index (χ0n) is 7.95. The molecule has 4 heteroatoms. The summed E-state index contributed by atoms with van der Waals surface area (Å²) >= 11 is 0. The summed E-state index contributed by atoms with van der Waals surface area (Å²) in [6, 6.07) is 3.84. The highest BCUT2D eigenvalue weighted by Gasteiger charge is 1.97. The Morgan fingerprint density at radius 2 is 2.33 bits per heavy atom. The van der Waals surface area contributed by atoms with Crippen molar-refractivity contribution in [2.24, 2.45) is 5.73 Å². The van der Waals surface area contributed by atoms with Gasteiger partial charge in [-0.3, -0.25) is 9.78 Å². The zero-order valence-corrected chi connectivity index (χ0v) is 7.95. The van der Waals surface area contributed by atoms with Crippen LogP contribution in [0.15, 0.2) is 24.5 Å². The molecule has 0 saturated heterocycles. The maximum absolute atomic E-state index is 10.4. The van der Waals surface area contributed by atoms with Crippen LogP contribution >= 0.6 is 0 Å². The lowest BCUT2D eigenvalue weighted by molar-refractivity contribution is -0.112. The minimum absolute atomic E-state index is 0.435. The Morgan fingerprint density at radius 3 is 3.13 bits per heavy atom. The molecule has 0 aliphatic carbocycles. The van der Waals surface area contributed by atoms with E-state index in [0.29, 0.717) is 6.42 Å². The number of aromatic nitrogens is 2. The summed E-state index contributed by atoms with van der Waals surface area (Å²) in [5.74, 6) is 4.32. The molecule has 0 bridgehead atoms. The molecular weight excluding hydrogens is 190 g/mol. The molecule has 3 N–H and O–H groups in total. The van der Waals surface area contributed by atoms with Crippen molar-refractivity contribution in [2.75, 3.05) is 0 Å². The van der Waals surface area contributed by atoms with Gasteiger partial charge in [-0.25, -0.2) is 0 Å². The Bertz CT molecular complexity index is 560. The molecule has 2 aromatic rings. The van der Waals surface area contributed by atoms with Crippen molar-refractivity contribution in [3.05, 3.63) is 30.2 Å². The van der Waals surface area contributed by atoms with Gasteiger partial charge in [0.1, 0.15) is 0 Å². The van der Waals surface area contributed by atoms with Crippen molar-refractivity contribution < 1.29 is 4.79 Å². The average molecular weight is 199 g/mol. The average Bonchev–Trinajstić information content (AvgIpc) is 2.64. The van der Waals surface area contributed by atoms with Gasteiger partial charge in [-0.05, 0) is 18.1 Å². The number of nitrogens with zero attached hydrogens (tertiary/aromatic N) is 1. The lowest BCUT2D eigenvalue weighted by atomic mass is 10.2. The Kier molecular flexibility index (Phi) is 2.38. The zero-order chi connectivity index (χ0) is 10.7. The van der Waals surface area contributed by atoms with Gasteiger partial charge in [-0.1, -0.05) is 5.92 Å². The fraction of sp³-hybridized carbons (Fsp3) is 0.0909. The van der Waals surface area contributed by atoms with Crippen LogP contribution in [0.2, 0.25) is 0 Å². The highest BCUT2D eigenvalue weighted by atomic mass is 16.1. The van der Waals surface area contributed by atoms with E-state index in [4.69, 9.17) is 5.73 Å². The van der Waals surface area contributed by atoms with E-state index in [-0.39, 0.29) is 0 Å². The van der Waals surface area contributed by atoms with Crippen molar-refractivity contribution in [3.63, 3.8) is 0 Å². The number of primary amides is 1. The maximum Gasteiger partial charge on any atom is 0.293 e. The van der Waals surface area contributed by atoms with Crippen molar-refractivity contribution in [3.8, 4) is 11.8 Å². The number of carbonyl (C=O) groups excluding carboxylic acids is 1. The molecule has 0 atom stereocenters. The van der Waals surface area contributed by atoms with Gasteiger partial charge in [0.05, 0.1) is 17.6 Å². The molecule has 15 heavy (non-hydrogen) atoms. The van der Waals surface area contributed by atoms with Crippen LogP contribution in [0.1, 0.15) is 5.69 Å². The number of nitrogens with one attached hydrogen (secondary N) is 1. The van der Waals surface area contributed by atoms with Gasteiger partial charge in [0.25, 0.3) is 5.91 Å². The molecule has 0 unspecified atom stereocenters. The number of fused-ring (bicyclic) bond motifs is 1. The van der Waals surface area contributed by atoms with Crippen LogP contribution in [0, 0.1) is 11.8 Å². The summed E-state index contributed by atoms with van der Waals surface area (Å²) in [4.78, 5) is 17.7. The largest absolute Gasteiger partial charge is 0.365 e. The summed E-state index contributed by atoms with van der Waals surface area (Å²) in [5, 5.41) is 1.06. The fourth-order valence-electron chi connectivity index (χ4n) is 1.30. The van der Waals surface area contributed by atoms with Crippen LogP contribution < -0.4 is 5.73 Å². The first-order chi connectivity index (χ1) is 7.25. The van der Waals surface area contributed by atoms with Crippen LogP contribution in [0.4, 0.5) is 0 Å². The monoisotopic (exact) mass is 199 g/mol. The third kappa shape index (κ3) is 2.15. The minimum Gasteiger partial charge on any atom is -0.365 e. The van der Waals surface area contributed by atoms with E-state index in [2.05, 4.69) is 21.8 Å². The molecular formula is C11H9N3O. The van der Waals surface area contributed by atoms with E-state index >= 15 is 0 Å². The standard InChI is InChI=1S/C11H9N3O/c12-11(15)3-1-2-9-5-4-8-6-13-7-10(8)14-9/h4-7,13H,2H2,(H2,12,15). The van der Waals surface area contributed by atoms with Gasteiger partial charge >= 0.3 is 0 Å². The summed E-state index contributed by atoms with van der Waals surface area (Å²) in [6.07, 6.45) is 4.13. The lowest BCUT2D eigenvalue weighted by Gasteiger charge is -1.93. The highest BCUT2D eigenvalue weighted by Crippen LogP contribution is 2.10. The van der Waals surface area contributed by atoms with E-state index in [1.54, 1.807) is 0 Å². The van der Waals surface area contributed by atoms with Crippen molar-refractivity contribution in [1.29, 1.82) is 0 Å². The van der Waals surface area contributed by atoms with Crippen LogP contribution in [0.5, 0.6) is 0 Å². The molecule has 4 nitrogen and oxygen atoms in total. The number of hydrogen-bond acceptors (Lipinski definition) is 2. The van der Waals surface area contributed by atoms with Crippen LogP contribution in [-0.4, -0.2) is 15.9 Å². The molecule has 0 aliphatic rings. The van der Waals surface area contributed by atoms with E-state index in [1.807, 2.05) is 24.5 Å². The molecule has 74 valence electrons. The van der Waals surface area contributed by atoms with E-state index in [0.717, 1.165) is 16.6 Å². The van der Waals surface area contributed by atoms with Gasteiger partial charge in [0.2, 0.25) is 0 Å². The second-order valence-corrected chi connectivity index (χ2v) is 3.08. The number of pyridine rings is 1. The summed E-state index contributed by atoms with van der Waals surface area (Å²) in [5.41, 5.74) is 6.62. The first-order valence-corrected chi connectivity index (χ1v) is 4.46. The van der Waals surface area contributed by atoms with Crippen molar-refractivity contribution in [2.45, 2.75) is 6.42 Å². The summed E-state index contributed by atoms with van der Waals surface area (Å²) in [6.45, 7) is 0. The molecule has 0 fully saturated rings. The number of aromatic amines is 1. The second kappa shape index (κ2) is 3.84. The Morgan fingerprint density at radius 1 is 1.47 bits per heavy atom. The molecule has 0 aromatic carbocycles. The maximum atomic E-state index is 10.4. The number of amides is 1. The van der Waals surface area contributed by atoms with Gasteiger partial charge in [0, 0.05) is 17.8 Å². The molecule has 0 saturated carbocycles. The molecule has 0 aliphatic heterocycles. The molecule has 1 amide bonds. The van der Waals surface area contributed by atoms with Crippen LogP contribution in [0.25, 0.3) is 10.9 Å². The number of rotatable bonds is 1. The highest BCUT2D eigenvalue weighted by molar-refractivity contribution is 5.91. The van der Waals surface area contributed by atoms with Gasteiger partial charge in [0.15, 0.2) is 0 Å². The number of nitrogens with two attached hydrogens (primary N) is 1. The van der Waals surface area contributed by atoms with Gasteiger partial charge in [-0.2, -0.15) is 0 Å². The Hall–Kier alpha value is -2.28. The van der Waals surface area contributed by atoms with Gasteiger partial charge in [-0.15, -0.1) is 0 Å². The van der Waals surface area contributed by atoms with Gasteiger partial charge < -0.3 is 10.7 Å². The number of carbonyl (C=O) groups is 1. The lowest BCUT2D eigenvalue weighted by Crippen LogP contribution is -2.06. The van der Waals surface area contributed by atoms with Crippen molar-refractivity contribution in [1.82, 2.24) is 9.97 Å². The third-order valence-corrected chi connectivity index (χ3v) is 1.96. The topological polar surface area (TPSA) is 71.8 Å². The minimum atomic E-state index is -0.613. The molecule has 2 heterocycles. The van der Waals surface area contributed by atoms with E-state index in [9.17, 15) is 4.79 Å². The third-order valence-electron chi connectivity index (χ3n) is 1.96. The molecule has 2 aromatic heterocycles. The Balaban J connectivity index is 2.22. The summed E-state index contributed by atoms with van der Waals surface area (Å²) < 4.78 is 0. The first kappa shape index (κ1) is 9.28. The molecule has 0 radical (unpaired) electrons. The quantitative estimate of drug-likeness (QED) is 0.660.